The van der Waals surface area contributed by atoms with Crippen molar-refractivity contribution < 1.29 is 4.39 Å². The number of nitrogens with two attached hydrogens (primary N) is 1. The Morgan fingerprint density at radius 3 is 2.79 bits per heavy atom. The number of hydrogen-bond acceptors (Lipinski definition) is 3. The van der Waals surface area contributed by atoms with Crippen LogP contribution in [0, 0.1) is 5.82 Å². The number of nitrogens with zero attached hydrogens (tertiary/aromatic N) is 1. The molecule has 0 spiro atoms. The van der Waals surface area contributed by atoms with Crippen LogP contribution in [0.2, 0.25) is 0 Å². The van der Waals surface area contributed by atoms with Crippen molar-refractivity contribution in [2.75, 3.05) is 5.73 Å². The van der Waals surface area contributed by atoms with E-state index < -0.39 is 0 Å². The molecule has 1 aliphatic rings. The summed E-state index contributed by atoms with van der Waals surface area (Å²) >= 11 is 1.70. The third kappa shape index (κ3) is 2.96. The van der Waals surface area contributed by atoms with Crippen molar-refractivity contribution >= 4 is 17.0 Å². The van der Waals surface area contributed by atoms with Crippen LogP contribution in [0.1, 0.15) is 24.0 Å². The summed E-state index contributed by atoms with van der Waals surface area (Å²) in [4.78, 5) is 2.35. The summed E-state index contributed by atoms with van der Waals surface area (Å²) in [7, 11) is 0. The zero-order valence-electron chi connectivity index (χ0n) is 10.7. The number of benzene rings is 1. The molecular formula is C15H17FN2S. The molecule has 1 aromatic heterocycles. The molecule has 2 N–H and O–H groups in total. The second-order valence-electron chi connectivity index (χ2n) is 5.09. The Labute approximate surface area is 116 Å². The van der Waals surface area contributed by atoms with Gasteiger partial charge >= 0.3 is 0 Å². The first-order valence-electron chi connectivity index (χ1n) is 6.52. The molecule has 1 saturated carbocycles. The molecule has 3 rings (SSSR count). The zero-order chi connectivity index (χ0) is 13.2. The minimum Gasteiger partial charge on any atom is -0.396 e. The van der Waals surface area contributed by atoms with Crippen LogP contribution in [-0.2, 0) is 13.1 Å². The van der Waals surface area contributed by atoms with Crippen molar-refractivity contribution in [3.8, 4) is 0 Å². The van der Waals surface area contributed by atoms with E-state index in [-0.39, 0.29) is 11.5 Å². The fourth-order valence-electron chi connectivity index (χ4n) is 2.31. The lowest BCUT2D eigenvalue weighted by Crippen LogP contribution is -2.25. The van der Waals surface area contributed by atoms with Crippen LogP contribution in [0.15, 0.2) is 35.0 Å². The molecule has 0 amide bonds. The van der Waals surface area contributed by atoms with Gasteiger partial charge in [-0.3, -0.25) is 4.90 Å². The minimum atomic E-state index is -0.265. The van der Waals surface area contributed by atoms with E-state index in [0.717, 1.165) is 6.54 Å². The molecule has 4 heteroatoms. The van der Waals surface area contributed by atoms with Crippen molar-refractivity contribution in [2.24, 2.45) is 0 Å². The lowest BCUT2D eigenvalue weighted by Gasteiger charge is -2.22. The summed E-state index contributed by atoms with van der Waals surface area (Å²) in [6.45, 7) is 1.53. The van der Waals surface area contributed by atoms with E-state index in [9.17, 15) is 4.39 Å². The predicted octanol–water partition coefficient (Wildman–Crippen LogP) is 3.63. The smallest absolute Gasteiger partial charge is 0.150 e. The third-order valence-corrected chi connectivity index (χ3v) is 4.24. The Morgan fingerprint density at radius 2 is 2.11 bits per heavy atom. The highest BCUT2D eigenvalue weighted by molar-refractivity contribution is 7.07. The molecule has 0 saturated heterocycles. The zero-order valence-corrected chi connectivity index (χ0v) is 11.5. The van der Waals surface area contributed by atoms with Crippen LogP contribution in [0.3, 0.4) is 0 Å². The van der Waals surface area contributed by atoms with Crippen molar-refractivity contribution in [3.05, 3.63) is 52.0 Å². The summed E-state index contributed by atoms with van der Waals surface area (Å²) in [5.74, 6) is -0.265. The monoisotopic (exact) mass is 276 g/mol. The summed E-state index contributed by atoms with van der Waals surface area (Å²) < 4.78 is 14.0. The van der Waals surface area contributed by atoms with Gasteiger partial charge in [0.25, 0.3) is 0 Å². The largest absolute Gasteiger partial charge is 0.396 e. The molecule has 0 radical (unpaired) electrons. The van der Waals surface area contributed by atoms with Gasteiger partial charge in [-0.05, 0) is 41.3 Å². The van der Waals surface area contributed by atoms with Gasteiger partial charge in [0.1, 0.15) is 0 Å². The van der Waals surface area contributed by atoms with E-state index in [1.807, 2.05) is 12.1 Å². The van der Waals surface area contributed by atoms with Gasteiger partial charge in [0, 0.05) is 24.7 Å². The van der Waals surface area contributed by atoms with E-state index in [1.54, 1.807) is 17.4 Å². The highest BCUT2D eigenvalue weighted by Crippen LogP contribution is 2.31. The molecule has 1 aliphatic carbocycles. The van der Waals surface area contributed by atoms with E-state index in [2.05, 4.69) is 21.7 Å². The van der Waals surface area contributed by atoms with Crippen LogP contribution < -0.4 is 5.73 Å². The van der Waals surface area contributed by atoms with Gasteiger partial charge in [-0.25, -0.2) is 4.39 Å². The fourth-order valence-corrected chi connectivity index (χ4v) is 2.97. The molecule has 1 aromatic carbocycles. The average molecular weight is 276 g/mol. The lowest BCUT2D eigenvalue weighted by molar-refractivity contribution is 0.243. The first-order valence-corrected chi connectivity index (χ1v) is 7.46. The Balaban J connectivity index is 1.76. The molecule has 2 aromatic rings. The highest BCUT2D eigenvalue weighted by atomic mass is 32.1. The summed E-state index contributed by atoms with van der Waals surface area (Å²) in [6.07, 6.45) is 2.43. The quantitative estimate of drug-likeness (QED) is 0.845. The first kappa shape index (κ1) is 12.6. The SMILES string of the molecule is Nc1cccc(CN(Cc2ccsc2)C2CC2)c1F. The lowest BCUT2D eigenvalue weighted by atomic mass is 10.1. The molecule has 0 atom stereocenters. The maximum absolute atomic E-state index is 14.0. The molecule has 1 fully saturated rings. The van der Waals surface area contributed by atoms with Crippen molar-refractivity contribution in [2.45, 2.75) is 32.0 Å². The number of thiophene rings is 1. The van der Waals surface area contributed by atoms with E-state index >= 15 is 0 Å². The van der Waals surface area contributed by atoms with Crippen LogP contribution in [0.25, 0.3) is 0 Å². The Bertz CT molecular complexity index is 549. The predicted molar refractivity (Wildman–Crippen MR) is 77.4 cm³/mol. The average Bonchev–Trinajstić information content (AvgIpc) is 3.13. The van der Waals surface area contributed by atoms with Gasteiger partial charge in [-0.2, -0.15) is 11.3 Å². The van der Waals surface area contributed by atoms with Crippen molar-refractivity contribution in [1.82, 2.24) is 4.90 Å². The van der Waals surface area contributed by atoms with Gasteiger partial charge in [0.05, 0.1) is 5.69 Å². The standard InChI is InChI=1S/C15H17FN2S/c16-15-12(2-1-3-14(15)17)9-18(13-4-5-13)8-11-6-7-19-10-11/h1-3,6-7,10,13H,4-5,8-9,17H2. The van der Waals surface area contributed by atoms with Crippen molar-refractivity contribution in [1.29, 1.82) is 0 Å². The van der Waals surface area contributed by atoms with E-state index in [1.165, 1.54) is 18.4 Å². The van der Waals surface area contributed by atoms with Crippen LogP contribution >= 0.6 is 11.3 Å². The molecule has 0 bridgehead atoms. The number of halogens is 1. The van der Waals surface area contributed by atoms with E-state index in [4.69, 9.17) is 5.73 Å². The Morgan fingerprint density at radius 1 is 1.26 bits per heavy atom. The fraction of sp³-hybridized carbons (Fsp3) is 0.333. The Kier molecular flexibility index (Phi) is 3.53. The molecule has 2 nitrogen and oxygen atoms in total. The van der Waals surface area contributed by atoms with Gasteiger partial charge in [0.15, 0.2) is 5.82 Å². The summed E-state index contributed by atoms with van der Waals surface area (Å²) in [5.41, 5.74) is 7.87. The maximum Gasteiger partial charge on any atom is 0.150 e. The number of hydrogen-bond donors (Lipinski definition) is 1. The van der Waals surface area contributed by atoms with Crippen LogP contribution in [0.5, 0.6) is 0 Å². The molecule has 19 heavy (non-hydrogen) atoms. The number of anilines is 1. The summed E-state index contributed by atoms with van der Waals surface area (Å²) in [5, 5.41) is 4.24. The summed E-state index contributed by atoms with van der Waals surface area (Å²) in [6, 6.07) is 7.99. The van der Waals surface area contributed by atoms with Gasteiger partial charge in [0.2, 0.25) is 0 Å². The highest BCUT2D eigenvalue weighted by Gasteiger charge is 2.29. The maximum atomic E-state index is 14.0. The first-order chi connectivity index (χ1) is 9.24. The molecule has 0 unspecified atom stereocenters. The van der Waals surface area contributed by atoms with E-state index in [0.29, 0.717) is 18.2 Å². The minimum absolute atomic E-state index is 0.240. The molecule has 100 valence electrons. The number of rotatable bonds is 5. The third-order valence-electron chi connectivity index (χ3n) is 3.51. The van der Waals surface area contributed by atoms with Crippen molar-refractivity contribution in [3.63, 3.8) is 0 Å². The normalized spacial score (nSPS) is 15.1. The van der Waals surface area contributed by atoms with Gasteiger partial charge < -0.3 is 5.73 Å². The van der Waals surface area contributed by atoms with Crippen LogP contribution in [-0.4, -0.2) is 10.9 Å². The van der Waals surface area contributed by atoms with Gasteiger partial charge in [-0.15, -0.1) is 0 Å². The molecule has 0 aliphatic heterocycles. The number of nitrogen functional groups attached to an aromatic ring is 1. The van der Waals surface area contributed by atoms with Crippen LogP contribution in [0.4, 0.5) is 10.1 Å². The molecule has 1 heterocycles. The van der Waals surface area contributed by atoms with Gasteiger partial charge in [-0.1, -0.05) is 12.1 Å². The second-order valence-corrected chi connectivity index (χ2v) is 5.87. The topological polar surface area (TPSA) is 29.3 Å². The Hall–Kier alpha value is -1.39. The molecular weight excluding hydrogens is 259 g/mol. The second kappa shape index (κ2) is 5.31.